The fourth-order valence-electron chi connectivity index (χ4n) is 1.79. The van der Waals surface area contributed by atoms with Crippen molar-refractivity contribution in [1.29, 1.82) is 0 Å². The molecule has 6 heteroatoms. The molecule has 108 valence electrons. The van der Waals surface area contributed by atoms with Crippen molar-refractivity contribution < 1.29 is 18.3 Å². The van der Waals surface area contributed by atoms with Crippen molar-refractivity contribution in [3.8, 4) is 11.5 Å². The summed E-state index contributed by atoms with van der Waals surface area (Å²) in [7, 11) is 1.52. The van der Waals surface area contributed by atoms with E-state index in [0.29, 0.717) is 11.4 Å². The van der Waals surface area contributed by atoms with Crippen LogP contribution < -0.4 is 14.8 Å². The third-order valence-corrected chi connectivity index (χ3v) is 3.52. The molecule has 0 aliphatic rings. The molecule has 0 fully saturated rings. The van der Waals surface area contributed by atoms with Crippen LogP contribution in [-0.2, 0) is 0 Å². The average Bonchev–Trinajstić information content (AvgIpc) is 2.94. The van der Waals surface area contributed by atoms with E-state index in [-0.39, 0.29) is 11.8 Å². The van der Waals surface area contributed by atoms with Crippen LogP contribution >= 0.6 is 11.3 Å². The zero-order valence-electron chi connectivity index (χ0n) is 11.1. The van der Waals surface area contributed by atoms with E-state index in [4.69, 9.17) is 4.74 Å². The fraction of sp³-hybridized carbons (Fsp3) is 0.286. The van der Waals surface area contributed by atoms with E-state index in [1.165, 1.54) is 13.2 Å². The summed E-state index contributed by atoms with van der Waals surface area (Å²) in [5.74, 6) is 0.675. The molecule has 0 spiro atoms. The molecule has 1 atom stereocenters. The lowest BCUT2D eigenvalue weighted by molar-refractivity contribution is -0.0494. The van der Waals surface area contributed by atoms with Gasteiger partial charge in [0.2, 0.25) is 0 Å². The summed E-state index contributed by atoms with van der Waals surface area (Å²) < 4.78 is 34.4. The van der Waals surface area contributed by atoms with Gasteiger partial charge in [0.1, 0.15) is 11.5 Å². The maximum Gasteiger partial charge on any atom is 0.387 e. The summed E-state index contributed by atoms with van der Waals surface area (Å²) in [6.45, 7) is -0.909. The molecule has 0 bridgehead atoms. The van der Waals surface area contributed by atoms with Crippen LogP contribution in [0.2, 0.25) is 0 Å². The van der Waals surface area contributed by atoms with Gasteiger partial charge in [-0.15, -0.1) is 0 Å². The Kier molecular flexibility index (Phi) is 4.79. The Morgan fingerprint density at radius 2 is 2.05 bits per heavy atom. The van der Waals surface area contributed by atoms with Gasteiger partial charge in [0.15, 0.2) is 0 Å². The molecule has 2 rings (SSSR count). The summed E-state index contributed by atoms with van der Waals surface area (Å²) in [6, 6.07) is 6.65. The number of anilines is 1. The molecule has 0 saturated heterocycles. The molecule has 0 aliphatic carbocycles. The van der Waals surface area contributed by atoms with Crippen molar-refractivity contribution in [3.05, 3.63) is 40.6 Å². The minimum absolute atomic E-state index is 0.0200. The number of benzene rings is 1. The Morgan fingerprint density at radius 3 is 2.65 bits per heavy atom. The van der Waals surface area contributed by atoms with Gasteiger partial charge in [-0.3, -0.25) is 0 Å². The van der Waals surface area contributed by atoms with Gasteiger partial charge in [-0.2, -0.15) is 20.1 Å². The first kappa shape index (κ1) is 14.6. The van der Waals surface area contributed by atoms with Gasteiger partial charge in [0, 0.05) is 12.1 Å². The van der Waals surface area contributed by atoms with Gasteiger partial charge in [0.05, 0.1) is 12.8 Å². The van der Waals surface area contributed by atoms with Crippen LogP contribution in [0.15, 0.2) is 35.0 Å². The van der Waals surface area contributed by atoms with E-state index in [0.717, 1.165) is 5.56 Å². The number of alkyl halides is 2. The lowest BCUT2D eigenvalue weighted by Crippen LogP contribution is -2.09. The molecule has 2 aromatic rings. The first-order chi connectivity index (χ1) is 9.60. The van der Waals surface area contributed by atoms with Gasteiger partial charge in [0.25, 0.3) is 0 Å². The third kappa shape index (κ3) is 3.60. The highest BCUT2D eigenvalue weighted by molar-refractivity contribution is 7.07. The van der Waals surface area contributed by atoms with Crippen molar-refractivity contribution in [2.45, 2.75) is 19.6 Å². The zero-order chi connectivity index (χ0) is 14.5. The van der Waals surface area contributed by atoms with E-state index in [1.807, 2.05) is 23.8 Å². The normalized spacial score (nSPS) is 12.2. The third-order valence-electron chi connectivity index (χ3n) is 2.82. The molecule has 0 aliphatic heterocycles. The quantitative estimate of drug-likeness (QED) is 0.850. The zero-order valence-corrected chi connectivity index (χ0v) is 11.9. The second-order valence-corrected chi connectivity index (χ2v) is 4.94. The number of hydrogen-bond donors (Lipinski definition) is 1. The van der Waals surface area contributed by atoms with Crippen LogP contribution in [0.5, 0.6) is 11.5 Å². The number of ether oxygens (including phenoxy) is 2. The van der Waals surface area contributed by atoms with E-state index < -0.39 is 6.61 Å². The lowest BCUT2D eigenvalue weighted by atomic mass is 10.1. The molecule has 0 amide bonds. The average molecular weight is 299 g/mol. The lowest BCUT2D eigenvalue weighted by Gasteiger charge is -2.18. The number of hydrogen-bond acceptors (Lipinski definition) is 4. The van der Waals surface area contributed by atoms with Gasteiger partial charge in [-0.25, -0.2) is 0 Å². The Hall–Kier alpha value is -1.82. The first-order valence-electron chi connectivity index (χ1n) is 6.01. The molecule has 3 nitrogen and oxygen atoms in total. The van der Waals surface area contributed by atoms with Gasteiger partial charge >= 0.3 is 6.61 Å². The van der Waals surface area contributed by atoms with Gasteiger partial charge < -0.3 is 14.8 Å². The molecule has 0 saturated carbocycles. The van der Waals surface area contributed by atoms with Crippen LogP contribution in [0.4, 0.5) is 14.5 Å². The van der Waals surface area contributed by atoms with Crippen molar-refractivity contribution >= 4 is 17.0 Å². The molecule has 1 N–H and O–H groups in total. The molecule has 1 heterocycles. The predicted octanol–water partition coefficient (Wildman–Crippen LogP) is 4.53. The van der Waals surface area contributed by atoms with Crippen LogP contribution in [-0.4, -0.2) is 13.7 Å². The van der Waals surface area contributed by atoms with Crippen molar-refractivity contribution in [1.82, 2.24) is 0 Å². The minimum atomic E-state index is -2.86. The Labute approximate surface area is 120 Å². The highest BCUT2D eigenvalue weighted by Crippen LogP contribution is 2.33. The molecular formula is C14H15F2NO2S. The Morgan fingerprint density at radius 1 is 1.25 bits per heavy atom. The number of halogens is 2. The van der Waals surface area contributed by atoms with Gasteiger partial charge in [-0.05, 0) is 41.4 Å². The highest BCUT2D eigenvalue weighted by atomic mass is 32.1. The molecule has 20 heavy (non-hydrogen) atoms. The minimum Gasteiger partial charge on any atom is -0.497 e. The Balaban J connectivity index is 2.23. The predicted molar refractivity (Wildman–Crippen MR) is 76.0 cm³/mol. The van der Waals surface area contributed by atoms with Crippen molar-refractivity contribution in [2.75, 3.05) is 12.4 Å². The summed E-state index contributed by atoms with van der Waals surface area (Å²) in [5.41, 5.74) is 1.56. The summed E-state index contributed by atoms with van der Waals surface area (Å²) in [5, 5.41) is 7.13. The smallest absolute Gasteiger partial charge is 0.387 e. The number of thiophene rings is 1. The van der Waals surface area contributed by atoms with Crippen LogP contribution in [0.1, 0.15) is 18.5 Å². The molecule has 0 radical (unpaired) electrons. The van der Waals surface area contributed by atoms with E-state index >= 15 is 0 Å². The molecule has 1 unspecified atom stereocenters. The monoisotopic (exact) mass is 299 g/mol. The van der Waals surface area contributed by atoms with E-state index in [1.54, 1.807) is 23.5 Å². The topological polar surface area (TPSA) is 30.5 Å². The summed E-state index contributed by atoms with van der Waals surface area (Å²) in [6.07, 6.45) is 0. The van der Waals surface area contributed by atoms with Gasteiger partial charge in [-0.1, -0.05) is 0 Å². The first-order valence-corrected chi connectivity index (χ1v) is 6.96. The number of rotatable bonds is 6. The second-order valence-electron chi connectivity index (χ2n) is 4.16. The number of methoxy groups -OCH3 is 1. The molecular weight excluding hydrogens is 284 g/mol. The van der Waals surface area contributed by atoms with Crippen molar-refractivity contribution in [3.63, 3.8) is 0 Å². The van der Waals surface area contributed by atoms with Crippen molar-refractivity contribution in [2.24, 2.45) is 0 Å². The summed E-state index contributed by atoms with van der Waals surface area (Å²) in [4.78, 5) is 0. The maximum atomic E-state index is 12.4. The fourth-order valence-corrected chi connectivity index (χ4v) is 2.54. The summed E-state index contributed by atoms with van der Waals surface area (Å²) >= 11 is 1.59. The molecule has 1 aromatic carbocycles. The van der Waals surface area contributed by atoms with E-state index in [2.05, 4.69) is 10.1 Å². The maximum absolute atomic E-state index is 12.4. The van der Waals surface area contributed by atoms with Crippen LogP contribution in [0, 0.1) is 0 Å². The van der Waals surface area contributed by atoms with Crippen LogP contribution in [0.3, 0.4) is 0 Å². The molecule has 1 aromatic heterocycles. The SMILES string of the molecule is COc1ccc(OC(F)F)c(NC(C)c2ccsc2)c1. The number of nitrogens with one attached hydrogen (secondary N) is 1. The van der Waals surface area contributed by atoms with Crippen LogP contribution in [0.25, 0.3) is 0 Å². The van der Waals surface area contributed by atoms with E-state index in [9.17, 15) is 8.78 Å². The Bertz CT molecular complexity index is 546. The highest BCUT2D eigenvalue weighted by Gasteiger charge is 2.14. The largest absolute Gasteiger partial charge is 0.497 e. The second kappa shape index (κ2) is 6.56. The standard InChI is InChI=1S/C14H15F2NO2S/c1-9(10-5-6-20-8-10)17-12-7-11(18-2)3-4-13(12)19-14(15)16/h3-9,14,17H,1-2H3.